The molecule has 0 saturated heterocycles. The second-order valence-corrected chi connectivity index (χ2v) is 6.13. The highest BCUT2D eigenvalue weighted by Gasteiger charge is 2.34. The zero-order chi connectivity index (χ0) is 13.9. The second kappa shape index (κ2) is 5.59. The number of carboxylic acids is 1. The third-order valence-corrected chi connectivity index (χ3v) is 3.07. The monoisotopic (exact) mass is 256 g/mol. The maximum atomic E-state index is 12.1. The number of carbonyl (C=O) groups excluding carboxylic acids is 1. The highest BCUT2D eigenvalue weighted by Crippen LogP contribution is 2.27. The minimum atomic E-state index is -0.928. The van der Waals surface area contributed by atoms with Gasteiger partial charge in [0.1, 0.15) is 0 Å². The van der Waals surface area contributed by atoms with Crippen LogP contribution in [0.3, 0.4) is 0 Å². The van der Waals surface area contributed by atoms with E-state index >= 15 is 0 Å². The molecule has 0 aromatic carbocycles. The molecular formula is C13H24N2O3. The molecule has 0 aliphatic heterocycles. The number of carbonyl (C=O) groups is 2. The summed E-state index contributed by atoms with van der Waals surface area (Å²) < 4.78 is 0. The summed E-state index contributed by atoms with van der Waals surface area (Å²) in [6.45, 7) is 8.25. The smallest absolute Gasteiger partial charge is 0.317 e. The first-order chi connectivity index (χ1) is 8.24. The lowest BCUT2D eigenvalue weighted by Gasteiger charge is -2.27. The van der Waals surface area contributed by atoms with Crippen molar-refractivity contribution in [1.29, 1.82) is 0 Å². The molecule has 0 spiro atoms. The molecule has 0 aromatic heterocycles. The molecule has 1 rings (SSSR count). The van der Waals surface area contributed by atoms with Gasteiger partial charge in [-0.2, -0.15) is 0 Å². The van der Waals surface area contributed by atoms with Gasteiger partial charge < -0.3 is 15.3 Å². The number of amides is 2. The van der Waals surface area contributed by atoms with Gasteiger partial charge in [-0.1, -0.05) is 13.8 Å². The molecule has 0 unspecified atom stereocenters. The second-order valence-electron chi connectivity index (χ2n) is 6.13. The molecule has 0 atom stereocenters. The summed E-state index contributed by atoms with van der Waals surface area (Å²) in [5.74, 6) is -0.478. The number of rotatable bonds is 6. The number of nitrogens with zero attached hydrogens (tertiary/aromatic N) is 1. The first kappa shape index (κ1) is 14.8. The van der Waals surface area contributed by atoms with Gasteiger partial charge in [0.15, 0.2) is 0 Å². The van der Waals surface area contributed by atoms with Crippen molar-refractivity contribution in [2.75, 3.05) is 13.1 Å². The van der Waals surface area contributed by atoms with E-state index in [2.05, 4.69) is 19.2 Å². The van der Waals surface area contributed by atoms with Crippen LogP contribution >= 0.6 is 0 Å². The van der Waals surface area contributed by atoms with E-state index in [0.717, 1.165) is 19.4 Å². The van der Waals surface area contributed by atoms with Crippen LogP contribution in [0.4, 0.5) is 4.79 Å². The van der Waals surface area contributed by atoms with Crippen molar-refractivity contribution >= 4 is 12.0 Å². The first-order valence-electron chi connectivity index (χ1n) is 6.52. The van der Waals surface area contributed by atoms with Crippen LogP contribution in [0.25, 0.3) is 0 Å². The number of nitrogens with one attached hydrogen (secondary N) is 1. The fraction of sp³-hybridized carbons (Fsp3) is 0.846. The Labute approximate surface area is 109 Å². The van der Waals surface area contributed by atoms with E-state index in [0.29, 0.717) is 12.0 Å². The van der Waals surface area contributed by atoms with Gasteiger partial charge in [-0.05, 0) is 32.6 Å². The Bertz CT molecular complexity index is 322. The largest absolute Gasteiger partial charge is 0.481 e. The standard InChI is InChI=1S/C13H24N2O3/c1-9(2)7-15(10-5-6-10)12(18)14-8-13(3,4)11(16)17/h9-10H,5-8H2,1-4H3,(H,14,18)(H,16,17). The van der Waals surface area contributed by atoms with E-state index in [1.807, 2.05) is 4.90 Å². The van der Waals surface area contributed by atoms with Crippen molar-refractivity contribution in [3.63, 3.8) is 0 Å². The molecule has 0 heterocycles. The van der Waals surface area contributed by atoms with Crippen LogP contribution in [0.2, 0.25) is 0 Å². The van der Waals surface area contributed by atoms with Gasteiger partial charge in [0.05, 0.1) is 5.41 Å². The Morgan fingerprint density at radius 2 is 1.94 bits per heavy atom. The maximum absolute atomic E-state index is 12.1. The van der Waals surface area contributed by atoms with E-state index in [-0.39, 0.29) is 12.6 Å². The molecule has 1 saturated carbocycles. The summed E-state index contributed by atoms with van der Waals surface area (Å²) in [4.78, 5) is 24.8. The molecule has 1 aliphatic rings. The SMILES string of the molecule is CC(C)CN(C(=O)NCC(C)(C)C(=O)O)C1CC1. The van der Waals surface area contributed by atoms with Gasteiger partial charge in [-0.15, -0.1) is 0 Å². The number of hydrogen-bond acceptors (Lipinski definition) is 2. The third-order valence-electron chi connectivity index (χ3n) is 3.07. The van der Waals surface area contributed by atoms with Gasteiger partial charge in [-0.25, -0.2) is 4.79 Å². The van der Waals surface area contributed by atoms with Crippen LogP contribution in [0, 0.1) is 11.3 Å². The quantitative estimate of drug-likeness (QED) is 0.763. The van der Waals surface area contributed by atoms with Crippen molar-refractivity contribution < 1.29 is 14.7 Å². The zero-order valence-electron chi connectivity index (χ0n) is 11.7. The molecule has 2 amide bonds. The molecule has 1 aliphatic carbocycles. The summed E-state index contributed by atoms with van der Waals surface area (Å²) in [6.07, 6.45) is 2.12. The number of urea groups is 1. The van der Waals surface area contributed by atoms with Crippen LogP contribution in [-0.2, 0) is 4.79 Å². The molecule has 0 bridgehead atoms. The van der Waals surface area contributed by atoms with Gasteiger partial charge in [0.25, 0.3) is 0 Å². The van der Waals surface area contributed by atoms with Crippen molar-refractivity contribution in [1.82, 2.24) is 10.2 Å². The van der Waals surface area contributed by atoms with E-state index in [9.17, 15) is 9.59 Å². The Balaban J connectivity index is 2.49. The van der Waals surface area contributed by atoms with Crippen LogP contribution in [0.1, 0.15) is 40.5 Å². The fourth-order valence-electron chi connectivity index (χ4n) is 1.65. The highest BCUT2D eigenvalue weighted by atomic mass is 16.4. The lowest BCUT2D eigenvalue weighted by atomic mass is 9.94. The molecule has 0 aromatic rings. The lowest BCUT2D eigenvalue weighted by Crippen LogP contribution is -2.47. The molecule has 5 heteroatoms. The van der Waals surface area contributed by atoms with Crippen LogP contribution < -0.4 is 5.32 Å². The summed E-state index contributed by atoms with van der Waals surface area (Å²) >= 11 is 0. The summed E-state index contributed by atoms with van der Waals surface area (Å²) in [7, 11) is 0. The molecule has 0 radical (unpaired) electrons. The molecule has 5 nitrogen and oxygen atoms in total. The number of carboxylic acid groups (broad SMARTS) is 1. The lowest BCUT2D eigenvalue weighted by molar-refractivity contribution is -0.146. The predicted octanol–water partition coefficient (Wildman–Crippen LogP) is 1.93. The van der Waals surface area contributed by atoms with Crippen LogP contribution in [0.5, 0.6) is 0 Å². The summed E-state index contributed by atoms with van der Waals surface area (Å²) in [5.41, 5.74) is -0.928. The fourth-order valence-corrected chi connectivity index (χ4v) is 1.65. The van der Waals surface area contributed by atoms with Crippen LogP contribution in [-0.4, -0.2) is 41.1 Å². The van der Waals surface area contributed by atoms with E-state index < -0.39 is 11.4 Å². The Morgan fingerprint density at radius 3 is 2.33 bits per heavy atom. The topological polar surface area (TPSA) is 69.6 Å². The Hall–Kier alpha value is -1.26. The Morgan fingerprint density at radius 1 is 1.39 bits per heavy atom. The summed E-state index contributed by atoms with van der Waals surface area (Å²) in [6, 6.07) is 0.209. The average Bonchev–Trinajstić information content (AvgIpc) is 3.06. The summed E-state index contributed by atoms with van der Waals surface area (Å²) in [5, 5.41) is 11.7. The zero-order valence-corrected chi connectivity index (χ0v) is 11.7. The van der Waals surface area contributed by atoms with Crippen molar-refractivity contribution in [3.05, 3.63) is 0 Å². The molecule has 2 N–H and O–H groups in total. The highest BCUT2D eigenvalue weighted by molar-refractivity contribution is 5.78. The van der Waals surface area contributed by atoms with Crippen molar-refractivity contribution in [2.45, 2.75) is 46.6 Å². The van der Waals surface area contributed by atoms with Crippen molar-refractivity contribution in [3.8, 4) is 0 Å². The number of hydrogen-bond donors (Lipinski definition) is 2. The van der Waals surface area contributed by atoms with Crippen molar-refractivity contribution in [2.24, 2.45) is 11.3 Å². The maximum Gasteiger partial charge on any atom is 0.317 e. The van der Waals surface area contributed by atoms with Gasteiger partial charge in [0, 0.05) is 19.1 Å². The molecule has 18 heavy (non-hydrogen) atoms. The van der Waals surface area contributed by atoms with Gasteiger partial charge in [-0.3, -0.25) is 4.79 Å². The third kappa shape index (κ3) is 4.20. The normalized spacial score (nSPS) is 15.6. The predicted molar refractivity (Wildman–Crippen MR) is 69.4 cm³/mol. The minimum Gasteiger partial charge on any atom is -0.481 e. The van der Waals surface area contributed by atoms with E-state index in [1.165, 1.54) is 0 Å². The first-order valence-corrected chi connectivity index (χ1v) is 6.52. The van der Waals surface area contributed by atoms with Crippen LogP contribution in [0.15, 0.2) is 0 Å². The van der Waals surface area contributed by atoms with Gasteiger partial charge >= 0.3 is 12.0 Å². The average molecular weight is 256 g/mol. The van der Waals surface area contributed by atoms with E-state index in [1.54, 1.807) is 13.8 Å². The van der Waals surface area contributed by atoms with E-state index in [4.69, 9.17) is 5.11 Å². The molecular weight excluding hydrogens is 232 g/mol. The molecule has 1 fully saturated rings. The van der Waals surface area contributed by atoms with Gasteiger partial charge in [0.2, 0.25) is 0 Å². The number of aliphatic carboxylic acids is 1. The molecule has 104 valence electrons. The minimum absolute atomic E-state index is 0.138. The Kier molecular flexibility index (Phi) is 4.59.